The lowest BCUT2D eigenvalue weighted by Gasteiger charge is -2.29. The standard InChI is InChI=1S/C19H26N4O3.C11H15NO2.C8H13N3O2/c1-14-5-7-15(8-6-14)13-16(17(24)26-2)22-18(25)19(9-3-4-10-19)11-12-21-23-20;1-8-3-5-9(6-4-8)7-10(12)11(13)14-2;9-11-10-6-5-8(7(12)13)3-1-2-4-8/h5-8,16H,3-4,9-13H2,1-2H3,(H,22,25);3-6,10H,7,12H2,1-2H3;1-6H2,(H,12,13). The van der Waals surface area contributed by atoms with Gasteiger partial charge in [0.25, 0.3) is 0 Å². The average molecular weight is 735 g/mol. The Hall–Kier alpha value is -5.10. The van der Waals surface area contributed by atoms with E-state index in [9.17, 15) is 19.2 Å². The number of aryl methyl sites for hydroxylation is 2. The van der Waals surface area contributed by atoms with E-state index in [1.54, 1.807) is 0 Å². The fraction of sp³-hybridized carbons (Fsp3) is 0.579. The van der Waals surface area contributed by atoms with Crippen LogP contribution < -0.4 is 11.1 Å². The van der Waals surface area contributed by atoms with Crippen LogP contribution in [0.25, 0.3) is 20.9 Å². The van der Waals surface area contributed by atoms with Gasteiger partial charge in [0.05, 0.1) is 19.6 Å². The van der Waals surface area contributed by atoms with E-state index in [4.69, 9.17) is 26.6 Å². The molecule has 2 aliphatic carbocycles. The highest BCUT2D eigenvalue weighted by molar-refractivity contribution is 5.88. The normalized spacial score (nSPS) is 16.0. The van der Waals surface area contributed by atoms with Crippen LogP contribution in [0.15, 0.2) is 58.8 Å². The number of nitrogens with two attached hydrogens (primary N) is 1. The molecule has 2 aromatic rings. The molecule has 0 bridgehead atoms. The molecular formula is C38H54N8O7. The topological polar surface area (TPSA) is 243 Å². The Morgan fingerprint density at radius 3 is 1.58 bits per heavy atom. The molecule has 1 amide bonds. The number of hydrogen-bond acceptors (Lipinski definition) is 9. The summed E-state index contributed by atoms with van der Waals surface area (Å²) in [4.78, 5) is 52.6. The van der Waals surface area contributed by atoms with Crippen LogP contribution in [0.4, 0.5) is 0 Å². The van der Waals surface area contributed by atoms with Crippen molar-refractivity contribution in [3.8, 4) is 0 Å². The van der Waals surface area contributed by atoms with E-state index in [1.165, 1.54) is 19.8 Å². The quantitative estimate of drug-likeness (QED) is 0.0756. The van der Waals surface area contributed by atoms with E-state index in [0.29, 0.717) is 32.2 Å². The van der Waals surface area contributed by atoms with Gasteiger partial charge in [-0.25, -0.2) is 4.79 Å². The number of carboxylic acids is 1. The van der Waals surface area contributed by atoms with Gasteiger partial charge < -0.3 is 25.6 Å². The Kier molecular flexibility index (Phi) is 18.9. The molecule has 53 heavy (non-hydrogen) atoms. The summed E-state index contributed by atoms with van der Waals surface area (Å²) in [6.07, 6.45) is 8.70. The lowest BCUT2D eigenvalue weighted by atomic mass is 9.81. The number of carbonyl (C=O) groups excluding carboxylic acids is 3. The summed E-state index contributed by atoms with van der Waals surface area (Å²) in [5.74, 6) is -1.71. The summed E-state index contributed by atoms with van der Waals surface area (Å²) in [7, 11) is 2.67. The number of carboxylic acid groups (broad SMARTS) is 1. The number of aliphatic carboxylic acids is 1. The average Bonchev–Trinajstić information content (AvgIpc) is 3.85. The first-order chi connectivity index (χ1) is 25.3. The van der Waals surface area contributed by atoms with Gasteiger partial charge in [0, 0.05) is 34.7 Å². The summed E-state index contributed by atoms with van der Waals surface area (Å²) in [5.41, 5.74) is 25.4. The second-order valence-corrected chi connectivity index (χ2v) is 13.7. The maximum Gasteiger partial charge on any atom is 0.328 e. The number of hydrogen-bond donors (Lipinski definition) is 3. The molecule has 2 aromatic carbocycles. The van der Waals surface area contributed by atoms with Crippen LogP contribution in [0.3, 0.4) is 0 Å². The fourth-order valence-electron chi connectivity index (χ4n) is 6.70. The predicted molar refractivity (Wildman–Crippen MR) is 200 cm³/mol. The monoisotopic (exact) mass is 734 g/mol. The van der Waals surface area contributed by atoms with Gasteiger partial charge in [-0.1, -0.05) is 95.6 Å². The van der Waals surface area contributed by atoms with E-state index in [2.05, 4.69) is 30.1 Å². The molecule has 0 spiro atoms. The molecule has 15 heteroatoms. The third-order valence-electron chi connectivity index (χ3n) is 10.00. The molecule has 0 heterocycles. The molecule has 2 aliphatic rings. The van der Waals surface area contributed by atoms with Crippen molar-refractivity contribution >= 4 is 23.8 Å². The first kappa shape index (κ1) is 44.1. The number of benzene rings is 2. The summed E-state index contributed by atoms with van der Waals surface area (Å²) in [6.45, 7) is 4.59. The maximum atomic E-state index is 13.0. The molecule has 288 valence electrons. The fourth-order valence-corrected chi connectivity index (χ4v) is 6.70. The zero-order valence-corrected chi connectivity index (χ0v) is 31.3. The number of amides is 1. The Balaban J connectivity index is 0.000000303. The van der Waals surface area contributed by atoms with Crippen LogP contribution in [0, 0.1) is 24.7 Å². The first-order valence-electron chi connectivity index (χ1n) is 17.9. The van der Waals surface area contributed by atoms with E-state index in [1.807, 2.05) is 62.4 Å². The lowest BCUT2D eigenvalue weighted by molar-refractivity contribution is -0.149. The Bertz CT molecular complexity index is 1570. The van der Waals surface area contributed by atoms with Gasteiger partial charge in [-0.3, -0.25) is 14.4 Å². The third kappa shape index (κ3) is 14.4. The van der Waals surface area contributed by atoms with E-state index in [0.717, 1.165) is 68.1 Å². The molecule has 0 saturated heterocycles. The number of methoxy groups -OCH3 is 2. The third-order valence-corrected chi connectivity index (χ3v) is 10.00. The van der Waals surface area contributed by atoms with Gasteiger partial charge in [-0.05, 0) is 81.0 Å². The largest absolute Gasteiger partial charge is 0.481 e. The zero-order valence-electron chi connectivity index (χ0n) is 31.3. The van der Waals surface area contributed by atoms with Gasteiger partial charge >= 0.3 is 17.9 Å². The molecule has 2 fully saturated rings. The van der Waals surface area contributed by atoms with Gasteiger partial charge in [-0.2, -0.15) is 0 Å². The van der Waals surface area contributed by atoms with Gasteiger partial charge in [0.2, 0.25) is 5.91 Å². The van der Waals surface area contributed by atoms with E-state index >= 15 is 0 Å². The lowest BCUT2D eigenvalue weighted by Crippen LogP contribution is -2.49. The smallest absolute Gasteiger partial charge is 0.328 e. The number of nitrogens with zero attached hydrogens (tertiary/aromatic N) is 6. The molecule has 0 aliphatic heterocycles. The minimum atomic E-state index is -0.738. The van der Waals surface area contributed by atoms with Crippen molar-refractivity contribution in [2.75, 3.05) is 27.3 Å². The second-order valence-electron chi connectivity index (χ2n) is 13.7. The highest BCUT2D eigenvalue weighted by atomic mass is 16.5. The first-order valence-corrected chi connectivity index (χ1v) is 17.9. The molecule has 2 unspecified atom stereocenters. The highest BCUT2D eigenvalue weighted by Crippen LogP contribution is 2.42. The number of esters is 2. The minimum Gasteiger partial charge on any atom is -0.481 e. The Morgan fingerprint density at radius 2 is 1.17 bits per heavy atom. The van der Waals surface area contributed by atoms with Crippen molar-refractivity contribution in [1.82, 2.24) is 5.32 Å². The summed E-state index contributed by atoms with van der Waals surface area (Å²) in [5, 5.41) is 18.9. The zero-order chi connectivity index (χ0) is 39.3. The Labute approximate surface area is 311 Å². The molecule has 2 atom stereocenters. The van der Waals surface area contributed by atoms with Gasteiger partial charge in [0.15, 0.2) is 0 Å². The predicted octanol–water partition coefficient (Wildman–Crippen LogP) is 6.83. The number of nitrogens with one attached hydrogen (secondary N) is 1. The van der Waals surface area contributed by atoms with Crippen LogP contribution in [-0.4, -0.2) is 68.3 Å². The Morgan fingerprint density at radius 1 is 0.755 bits per heavy atom. The number of carbonyl (C=O) groups is 4. The van der Waals surface area contributed by atoms with Crippen molar-refractivity contribution < 1.29 is 33.8 Å². The van der Waals surface area contributed by atoms with Gasteiger partial charge in [0.1, 0.15) is 12.1 Å². The molecule has 2 saturated carbocycles. The van der Waals surface area contributed by atoms with Crippen LogP contribution in [0.5, 0.6) is 0 Å². The summed E-state index contributed by atoms with van der Waals surface area (Å²) in [6, 6.07) is 14.5. The molecule has 4 N–H and O–H groups in total. The SMILES string of the molecule is COC(=O)C(Cc1ccc(C)cc1)NC(=O)C1(CCN=[N+]=[N-])CCCC1.COC(=O)C(N)Cc1ccc(C)cc1.[N-]=[N+]=NCCC1(C(=O)O)CCCC1. The number of ether oxygens (including phenoxy) is 2. The molecule has 4 rings (SSSR count). The molecular weight excluding hydrogens is 680 g/mol. The van der Waals surface area contributed by atoms with Crippen LogP contribution in [-0.2, 0) is 41.5 Å². The summed E-state index contributed by atoms with van der Waals surface area (Å²) >= 11 is 0. The second kappa shape index (κ2) is 22.8. The highest BCUT2D eigenvalue weighted by Gasteiger charge is 2.42. The van der Waals surface area contributed by atoms with Crippen molar-refractivity contribution in [2.45, 2.75) is 103 Å². The van der Waals surface area contributed by atoms with E-state index < -0.39 is 34.9 Å². The number of rotatable bonds is 15. The maximum absolute atomic E-state index is 13.0. The minimum absolute atomic E-state index is 0.148. The van der Waals surface area contributed by atoms with Crippen LogP contribution >= 0.6 is 0 Å². The molecule has 15 nitrogen and oxygen atoms in total. The number of azide groups is 2. The van der Waals surface area contributed by atoms with Crippen molar-refractivity contribution in [3.05, 3.63) is 91.7 Å². The molecule has 0 radical (unpaired) electrons. The van der Waals surface area contributed by atoms with E-state index in [-0.39, 0.29) is 18.4 Å². The molecule has 0 aromatic heterocycles. The van der Waals surface area contributed by atoms with Crippen molar-refractivity contribution in [1.29, 1.82) is 0 Å². The van der Waals surface area contributed by atoms with Crippen molar-refractivity contribution in [3.63, 3.8) is 0 Å². The summed E-state index contributed by atoms with van der Waals surface area (Å²) < 4.78 is 9.43. The van der Waals surface area contributed by atoms with Crippen LogP contribution in [0.2, 0.25) is 0 Å². The van der Waals surface area contributed by atoms with Crippen molar-refractivity contribution in [2.24, 2.45) is 26.8 Å². The van der Waals surface area contributed by atoms with Crippen LogP contribution in [0.1, 0.15) is 86.5 Å². The van der Waals surface area contributed by atoms with Gasteiger partial charge in [-0.15, -0.1) is 0 Å².